The number of nitrogens with one attached hydrogen (secondary N) is 1. The molecule has 0 aliphatic rings. The number of nitrogen functional groups attached to an aromatic ring is 1. The van der Waals surface area contributed by atoms with Gasteiger partial charge in [0.2, 0.25) is 0 Å². The highest BCUT2D eigenvalue weighted by atomic mass is 35.5. The Labute approximate surface area is 100 Å². The van der Waals surface area contributed by atoms with Crippen molar-refractivity contribution in [2.24, 2.45) is 0 Å². The molecule has 0 saturated carbocycles. The summed E-state index contributed by atoms with van der Waals surface area (Å²) >= 11 is 0. The second kappa shape index (κ2) is 4.62. The summed E-state index contributed by atoms with van der Waals surface area (Å²) in [6.07, 6.45) is -3.08. The highest BCUT2D eigenvalue weighted by Crippen LogP contribution is 2.35. The van der Waals surface area contributed by atoms with Crippen LogP contribution in [0.2, 0.25) is 0 Å². The second-order valence-corrected chi connectivity index (χ2v) is 3.07. The van der Waals surface area contributed by atoms with E-state index in [1.54, 1.807) is 12.1 Å². The van der Waals surface area contributed by atoms with Crippen molar-refractivity contribution >= 4 is 18.1 Å². The molecule has 3 N–H and O–H groups in total. The van der Waals surface area contributed by atoms with E-state index in [2.05, 4.69) is 10.1 Å². The number of nitrogens with two attached hydrogens (primary N) is 1. The van der Waals surface area contributed by atoms with E-state index in [1.807, 2.05) is 5.10 Å². The fourth-order valence-electron chi connectivity index (χ4n) is 1.26. The Kier molecular flexibility index (Phi) is 3.62. The molecule has 2 aromatic heterocycles. The molecular formula is C9H8ClF3N4. The van der Waals surface area contributed by atoms with E-state index in [-0.39, 0.29) is 18.1 Å². The minimum atomic E-state index is -4.54. The first-order valence-corrected chi connectivity index (χ1v) is 4.32. The van der Waals surface area contributed by atoms with Gasteiger partial charge in [0.25, 0.3) is 0 Å². The van der Waals surface area contributed by atoms with E-state index in [0.29, 0.717) is 5.69 Å². The van der Waals surface area contributed by atoms with Crippen LogP contribution in [0.4, 0.5) is 18.9 Å². The minimum absolute atomic E-state index is 0. The Morgan fingerprint density at radius 3 is 2.41 bits per heavy atom. The second-order valence-electron chi connectivity index (χ2n) is 3.07. The molecule has 4 nitrogen and oxygen atoms in total. The van der Waals surface area contributed by atoms with Crippen molar-refractivity contribution in [3.8, 4) is 11.4 Å². The third-order valence-corrected chi connectivity index (χ3v) is 1.99. The van der Waals surface area contributed by atoms with Gasteiger partial charge in [-0.1, -0.05) is 6.07 Å². The zero-order valence-corrected chi connectivity index (χ0v) is 9.14. The molecule has 17 heavy (non-hydrogen) atoms. The molecule has 0 aliphatic heterocycles. The van der Waals surface area contributed by atoms with Gasteiger partial charge in [0.05, 0.1) is 11.4 Å². The first-order valence-electron chi connectivity index (χ1n) is 4.32. The van der Waals surface area contributed by atoms with Gasteiger partial charge in [-0.3, -0.25) is 10.1 Å². The summed E-state index contributed by atoms with van der Waals surface area (Å²) in [6, 6.07) is 4.83. The highest BCUT2D eigenvalue weighted by molar-refractivity contribution is 5.85. The summed E-state index contributed by atoms with van der Waals surface area (Å²) in [7, 11) is 0. The number of anilines is 1. The Morgan fingerprint density at radius 1 is 1.24 bits per heavy atom. The molecule has 92 valence electrons. The SMILES string of the molecule is Cl.Nc1c(-c2ccccn2)n[nH]c1C(F)(F)F. The molecular weight excluding hydrogens is 257 g/mol. The summed E-state index contributed by atoms with van der Waals surface area (Å²) in [5, 5.41) is 5.39. The van der Waals surface area contributed by atoms with Crippen LogP contribution in [0.15, 0.2) is 24.4 Å². The summed E-state index contributed by atoms with van der Waals surface area (Å²) in [5.74, 6) is 0. The molecule has 0 spiro atoms. The number of alkyl halides is 3. The van der Waals surface area contributed by atoms with E-state index in [1.165, 1.54) is 12.3 Å². The smallest absolute Gasteiger partial charge is 0.395 e. The van der Waals surface area contributed by atoms with Crippen molar-refractivity contribution in [3.63, 3.8) is 0 Å². The van der Waals surface area contributed by atoms with Gasteiger partial charge in [-0.2, -0.15) is 18.3 Å². The van der Waals surface area contributed by atoms with Gasteiger partial charge >= 0.3 is 6.18 Å². The largest absolute Gasteiger partial charge is 0.434 e. The van der Waals surface area contributed by atoms with Crippen molar-refractivity contribution in [1.82, 2.24) is 15.2 Å². The van der Waals surface area contributed by atoms with Crippen LogP contribution >= 0.6 is 12.4 Å². The fraction of sp³-hybridized carbons (Fsp3) is 0.111. The maximum atomic E-state index is 12.4. The van der Waals surface area contributed by atoms with Crippen LogP contribution < -0.4 is 5.73 Å². The standard InChI is InChI=1S/C9H7F3N4.ClH/c10-9(11,12)8-6(13)7(15-16-8)5-3-1-2-4-14-5;/h1-4H,13H2,(H,15,16);1H. The van der Waals surface area contributed by atoms with Crippen LogP contribution in [0.5, 0.6) is 0 Å². The molecule has 2 aromatic rings. The van der Waals surface area contributed by atoms with Crippen molar-refractivity contribution in [3.05, 3.63) is 30.1 Å². The number of halogens is 4. The van der Waals surface area contributed by atoms with Gasteiger partial charge in [-0.25, -0.2) is 0 Å². The maximum absolute atomic E-state index is 12.4. The lowest BCUT2D eigenvalue weighted by atomic mass is 10.2. The van der Waals surface area contributed by atoms with Gasteiger partial charge < -0.3 is 5.73 Å². The summed E-state index contributed by atoms with van der Waals surface area (Å²) in [6.45, 7) is 0. The number of nitrogens with zero attached hydrogens (tertiary/aromatic N) is 2. The molecule has 0 radical (unpaired) electrons. The van der Waals surface area contributed by atoms with Crippen molar-refractivity contribution in [2.45, 2.75) is 6.18 Å². The fourth-order valence-corrected chi connectivity index (χ4v) is 1.26. The predicted octanol–water partition coefficient (Wildman–Crippen LogP) is 2.49. The van der Waals surface area contributed by atoms with Crippen LogP contribution in [0, 0.1) is 0 Å². The number of aromatic nitrogens is 3. The van der Waals surface area contributed by atoms with Crippen LogP contribution in [0.3, 0.4) is 0 Å². The van der Waals surface area contributed by atoms with Crippen LogP contribution in [-0.2, 0) is 6.18 Å². The molecule has 0 saturated heterocycles. The lowest BCUT2D eigenvalue weighted by Crippen LogP contribution is -2.08. The van der Waals surface area contributed by atoms with Crippen LogP contribution in [-0.4, -0.2) is 15.2 Å². The van der Waals surface area contributed by atoms with Gasteiger partial charge in [-0.15, -0.1) is 12.4 Å². The van der Waals surface area contributed by atoms with E-state index < -0.39 is 17.6 Å². The van der Waals surface area contributed by atoms with E-state index in [4.69, 9.17) is 5.73 Å². The van der Waals surface area contributed by atoms with E-state index >= 15 is 0 Å². The Balaban J connectivity index is 0.00000144. The minimum Gasteiger partial charge on any atom is -0.395 e. The number of pyridine rings is 1. The first-order chi connectivity index (χ1) is 7.50. The predicted molar refractivity (Wildman–Crippen MR) is 58.5 cm³/mol. The molecule has 0 atom stereocenters. The quantitative estimate of drug-likeness (QED) is 0.831. The molecule has 0 aliphatic carbocycles. The monoisotopic (exact) mass is 264 g/mol. The molecule has 2 rings (SSSR count). The molecule has 2 heterocycles. The summed E-state index contributed by atoms with van der Waals surface area (Å²) in [5.41, 5.74) is 4.19. The zero-order chi connectivity index (χ0) is 11.8. The molecule has 0 aromatic carbocycles. The Hall–Kier alpha value is -1.76. The van der Waals surface area contributed by atoms with Gasteiger partial charge in [-0.05, 0) is 12.1 Å². The molecule has 0 fully saturated rings. The van der Waals surface area contributed by atoms with Crippen molar-refractivity contribution < 1.29 is 13.2 Å². The lowest BCUT2D eigenvalue weighted by Gasteiger charge is -2.03. The highest BCUT2D eigenvalue weighted by Gasteiger charge is 2.36. The number of rotatable bonds is 1. The van der Waals surface area contributed by atoms with Crippen LogP contribution in [0.25, 0.3) is 11.4 Å². The number of hydrogen-bond acceptors (Lipinski definition) is 3. The topological polar surface area (TPSA) is 67.6 Å². The van der Waals surface area contributed by atoms with E-state index in [9.17, 15) is 13.2 Å². The van der Waals surface area contributed by atoms with Crippen LogP contribution in [0.1, 0.15) is 5.69 Å². The van der Waals surface area contributed by atoms with Gasteiger partial charge in [0.15, 0.2) is 5.69 Å². The number of aromatic amines is 1. The summed E-state index contributed by atoms with van der Waals surface area (Å²) < 4.78 is 37.2. The summed E-state index contributed by atoms with van der Waals surface area (Å²) in [4.78, 5) is 3.88. The average molecular weight is 265 g/mol. The Bertz CT molecular complexity index is 495. The normalized spacial score (nSPS) is 11.0. The maximum Gasteiger partial charge on any atom is 0.434 e. The number of H-pyrrole nitrogens is 1. The molecule has 8 heteroatoms. The lowest BCUT2D eigenvalue weighted by molar-refractivity contribution is -0.140. The van der Waals surface area contributed by atoms with Crippen molar-refractivity contribution in [2.75, 3.05) is 5.73 Å². The molecule has 0 bridgehead atoms. The third-order valence-electron chi connectivity index (χ3n) is 1.99. The van der Waals surface area contributed by atoms with Gasteiger partial charge in [0.1, 0.15) is 5.69 Å². The Morgan fingerprint density at radius 2 is 1.94 bits per heavy atom. The number of hydrogen-bond donors (Lipinski definition) is 2. The average Bonchev–Trinajstić information content (AvgIpc) is 2.61. The zero-order valence-electron chi connectivity index (χ0n) is 8.32. The van der Waals surface area contributed by atoms with Crippen molar-refractivity contribution in [1.29, 1.82) is 0 Å². The van der Waals surface area contributed by atoms with E-state index in [0.717, 1.165) is 0 Å². The third kappa shape index (κ3) is 2.50. The molecule has 0 amide bonds. The first kappa shape index (κ1) is 13.3. The van der Waals surface area contributed by atoms with Gasteiger partial charge in [0, 0.05) is 6.20 Å². The molecule has 0 unspecified atom stereocenters.